The SMILES string of the molecule is CC(C)C(C)(O)CSc1ccncc1. The Labute approximate surface area is 89.8 Å². The minimum absolute atomic E-state index is 0.275. The standard InChI is InChI=1S/C11H17NOS/c1-9(2)11(3,13)8-14-10-4-6-12-7-5-10/h4-7,9,13H,8H2,1-3H3. The second-order valence-corrected chi connectivity index (χ2v) is 5.03. The Morgan fingerprint density at radius 2 is 2.00 bits per heavy atom. The Bertz CT molecular complexity index is 272. The van der Waals surface area contributed by atoms with Gasteiger partial charge < -0.3 is 5.11 Å². The maximum Gasteiger partial charge on any atom is 0.0736 e. The van der Waals surface area contributed by atoms with E-state index >= 15 is 0 Å². The number of aliphatic hydroxyl groups is 1. The Hall–Kier alpha value is -0.540. The van der Waals surface area contributed by atoms with Gasteiger partial charge in [-0.2, -0.15) is 0 Å². The summed E-state index contributed by atoms with van der Waals surface area (Å²) in [6, 6.07) is 3.92. The van der Waals surface area contributed by atoms with Crippen molar-refractivity contribution in [1.29, 1.82) is 0 Å². The van der Waals surface area contributed by atoms with Gasteiger partial charge in [-0.3, -0.25) is 4.98 Å². The van der Waals surface area contributed by atoms with Crippen LogP contribution in [0.4, 0.5) is 0 Å². The molecule has 0 aromatic carbocycles. The van der Waals surface area contributed by atoms with Crippen LogP contribution in [-0.4, -0.2) is 21.4 Å². The molecule has 0 aliphatic rings. The van der Waals surface area contributed by atoms with E-state index in [2.05, 4.69) is 4.98 Å². The largest absolute Gasteiger partial charge is 0.389 e. The fourth-order valence-electron chi connectivity index (χ4n) is 0.831. The van der Waals surface area contributed by atoms with Crippen LogP contribution in [0.25, 0.3) is 0 Å². The third-order valence-electron chi connectivity index (χ3n) is 2.42. The molecule has 78 valence electrons. The zero-order valence-electron chi connectivity index (χ0n) is 8.90. The number of aromatic nitrogens is 1. The highest BCUT2D eigenvalue weighted by atomic mass is 32.2. The Balaban J connectivity index is 2.49. The Morgan fingerprint density at radius 3 is 2.50 bits per heavy atom. The lowest BCUT2D eigenvalue weighted by Gasteiger charge is -2.27. The monoisotopic (exact) mass is 211 g/mol. The summed E-state index contributed by atoms with van der Waals surface area (Å²) in [4.78, 5) is 5.10. The van der Waals surface area contributed by atoms with E-state index in [4.69, 9.17) is 0 Å². The summed E-state index contributed by atoms with van der Waals surface area (Å²) in [7, 11) is 0. The van der Waals surface area contributed by atoms with E-state index in [1.165, 1.54) is 0 Å². The maximum absolute atomic E-state index is 10.0. The van der Waals surface area contributed by atoms with Gasteiger partial charge in [0, 0.05) is 23.0 Å². The number of hydrogen-bond donors (Lipinski definition) is 1. The Kier molecular flexibility index (Phi) is 3.96. The van der Waals surface area contributed by atoms with Crippen LogP contribution in [0.2, 0.25) is 0 Å². The van der Waals surface area contributed by atoms with Gasteiger partial charge >= 0.3 is 0 Å². The van der Waals surface area contributed by atoms with Crippen LogP contribution in [-0.2, 0) is 0 Å². The van der Waals surface area contributed by atoms with E-state index in [1.807, 2.05) is 32.9 Å². The first-order valence-electron chi connectivity index (χ1n) is 4.77. The molecule has 0 amide bonds. The van der Waals surface area contributed by atoms with Gasteiger partial charge in [-0.1, -0.05) is 13.8 Å². The van der Waals surface area contributed by atoms with Crippen molar-refractivity contribution < 1.29 is 5.11 Å². The zero-order valence-corrected chi connectivity index (χ0v) is 9.71. The summed E-state index contributed by atoms with van der Waals surface area (Å²) < 4.78 is 0. The van der Waals surface area contributed by atoms with Crippen LogP contribution < -0.4 is 0 Å². The quantitative estimate of drug-likeness (QED) is 0.777. The third kappa shape index (κ3) is 3.31. The number of hydrogen-bond acceptors (Lipinski definition) is 3. The molecule has 1 atom stereocenters. The van der Waals surface area contributed by atoms with Crippen molar-refractivity contribution in [3.8, 4) is 0 Å². The van der Waals surface area contributed by atoms with Crippen molar-refractivity contribution in [2.45, 2.75) is 31.3 Å². The molecule has 1 rings (SSSR count). The van der Waals surface area contributed by atoms with Gasteiger partial charge in [0.05, 0.1) is 5.60 Å². The average Bonchev–Trinajstić information content (AvgIpc) is 2.16. The summed E-state index contributed by atoms with van der Waals surface area (Å²) in [5.41, 5.74) is -0.603. The molecule has 3 heteroatoms. The van der Waals surface area contributed by atoms with Crippen LogP contribution in [0, 0.1) is 5.92 Å². The van der Waals surface area contributed by atoms with Gasteiger partial charge in [0.2, 0.25) is 0 Å². The van der Waals surface area contributed by atoms with Gasteiger partial charge in [0.1, 0.15) is 0 Å². The Morgan fingerprint density at radius 1 is 1.43 bits per heavy atom. The first-order chi connectivity index (χ1) is 6.52. The highest BCUT2D eigenvalue weighted by Gasteiger charge is 2.24. The number of nitrogens with zero attached hydrogens (tertiary/aromatic N) is 1. The fraction of sp³-hybridized carbons (Fsp3) is 0.545. The van der Waals surface area contributed by atoms with Crippen LogP contribution in [0.3, 0.4) is 0 Å². The second kappa shape index (κ2) is 4.80. The van der Waals surface area contributed by atoms with Crippen LogP contribution in [0.5, 0.6) is 0 Å². The molecule has 2 nitrogen and oxygen atoms in total. The van der Waals surface area contributed by atoms with Crippen molar-refractivity contribution >= 4 is 11.8 Å². The molecule has 0 saturated carbocycles. The normalized spacial score (nSPS) is 15.5. The molecule has 1 aromatic heterocycles. The molecule has 0 radical (unpaired) electrons. The first kappa shape index (κ1) is 11.5. The van der Waals surface area contributed by atoms with Crippen molar-refractivity contribution in [2.75, 3.05) is 5.75 Å². The first-order valence-corrected chi connectivity index (χ1v) is 5.76. The molecule has 14 heavy (non-hydrogen) atoms. The molecule has 1 heterocycles. The predicted octanol–water partition coefficient (Wildman–Crippen LogP) is 2.58. The molecule has 1 unspecified atom stereocenters. The number of rotatable bonds is 4. The summed E-state index contributed by atoms with van der Waals surface area (Å²) >= 11 is 1.67. The van der Waals surface area contributed by atoms with Crippen LogP contribution in [0.1, 0.15) is 20.8 Å². The van der Waals surface area contributed by atoms with Gasteiger partial charge in [-0.05, 0) is 25.0 Å². The highest BCUT2D eigenvalue weighted by Crippen LogP contribution is 2.26. The van der Waals surface area contributed by atoms with E-state index in [0.717, 1.165) is 4.90 Å². The van der Waals surface area contributed by atoms with E-state index in [1.54, 1.807) is 24.2 Å². The van der Waals surface area contributed by atoms with Crippen molar-refractivity contribution in [3.63, 3.8) is 0 Å². The summed E-state index contributed by atoms with van der Waals surface area (Å²) in [6.07, 6.45) is 3.54. The van der Waals surface area contributed by atoms with Crippen LogP contribution in [0.15, 0.2) is 29.4 Å². The van der Waals surface area contributed by atoms with Crippen LogP contribution >= 0.6 is 11.8 Å². The minimum Gasteiger partial charge on any atom is -0.389 e. The zero-order chi connectivity index (χ0) is 10.6. The highest BCUT2D eigenvalue weighted by molar-refractivity contribution is 7.99. The third-order valence-corrected chi connectivity index (χ3v) is 3.76. The van der Waals surface area contributed by atoms with Crippen molar-refractivity contribution in [2.24, 2.45) is 5.92 Å². The van der Waals surface area contributed by atoms with E-state index in [9.17, 15) is 5.11 Å². The molecule has 0 aliphatic heterocycles. The second-order valence-electron chi connectivity index (χ2n) is 3.98. The summed E-state index contributed by atoms with van der Waals surface area (Å²) in [5.74, 6) is 0.992. The van der Waals surface area contributed by atoms with E-state index in [-0.39, 0.29) is 5.92 Å². The summed E-state index contributed by atoms with van der Waals surface area (Å²) in [5, 5.41) is 10.0. The molecular weight excluding hydrogens is 194 g/mol. The van der Waals surface area contributed by atoms with Crippen molar-refractivity contribution in [3.05, 3.63) is 24.5 Å². The minimum atomic E-state index is -0.603. The lowest BCUT2D eigenvalue weighted by molar-refractivity contribution is 0.0376. The molecule has 0 aliphatic carbocycles. The van der Waals surface area contributed by atoms with Crippen molar-refractivity contribution in [1.82, 2.24) is 4.98 Å². The molecule has 0 bridgehead atoms. The molecular formula is C11H17NOS. The topological polar surface area (TPSA) is 33.1 Å². The lowest BCUT2D eigenvalue weighted by Crippen LogP contribution is -2.33. The molecule has 1 aromatic rings. The molecule has 0 fully saturated rings. The molecule has 1 N–H and O–H groups in total. The molecule has 0 saturated heterocycles. The molecule has 0 spiro atoms. The maximum atomic E-state index is 10.0. The predicted molar refractivity (Wildman–Crippen MR) is 60.4 cm³/mol. The van der Waals surface area contributed by atoms with Gasteiger partial charge in [0.15, 0.2) is 0 Å². The number of pyridine rings is 1. The smallest absolute Gasteiger partial charge is 0.0736 e. The van der Waals surface area contributed by atoms with E-state index < -0.39 is 5.60 Å². The lowest BCUT2D eigenvalue weighted by atomic mass is 9.95. The van der Waals surface area contributed by atoms with Gasteiger partial charge in [-0.15, -0.1) is 11.8 Å². The van der Waals surface area contributed by atoms with Gasteiger partial charge in [0.25, 0.3) is 0 Å². The average molecular weight is 211 g/mol. The fourth-order valence-corrected chi connectivity index (χ4v) is 1.94. The number of thioether (sulfide) groups is 1. The summed E-state index contributed by atoms with van der Waals surface area (Å²) in [6.45, 7) is 5.95. The van der Waals surface area contributed by atoms with E-state index in [0.29, 0.717) is 5.75 Å². The van der Waals surface area contributed by atoms with Gasteiger partial charge in [-0.25, -0.2) is 0 Å².